The Hall–Kier alpha value is -1.04. The molecule has 1 aromatic heterocycles. The van der Waals surface area contributed by atoms with E-state index < -0.39 is 18.0 Å². The number of epoxide rings is 1. The van der Waals surface area contributed by atoms with Crippen LogP contribution in [0.5, 0.6) is 0 Å². The fourth-order valence-corrected chi connectivity index (χ4v) is 1.19. The highest BCUT2D eigenvalue weighted by Gasteiger charge is 2.42. The van der Waals surface area contributed by atoms with Crippen LogP contribution in [0.4, 0.5) is 13.2 Å². The molecular formula is C7H7F3N2O. The molecule has 0 aromatic carbocycles. The van der Waals surface area contributed by atoms with Crippen molar-refractivity contribution in [2.45, 2.75) is 12.3 Å². The van der Waals surface area contributed by atoms with Crippen LogP contribution in [0.15, 0.2) is 6.20 Å². The molecule has 1 saturated heterocycles. The number of alkyl halides is 3. The van der Waals surface area contributed by atoms with Gasteiger partial charge in [-0.3, -0.25) is 4.68 Å². The summed E-state index contributed by atoms with van der Waals surface area (Å²) in [4.78, 5) is 0. The lowest BCUT2D eigenvalue weighted by Gasteiger charge is -2.03. The van der Waals surface area contributed by atoms with Gasteiger partial charge in [-0.05, 0) is 0 Å². The van der Waals surface area contributed by atoms with E-state index >= 15 is 0 Å². The maximum Gasteiger partial charge on any atom is 0.435 e. The molecule has 1 atom stereocenters. The van der Waals surface area contributed by atoms with Gasteiger partial charge in [0.25, 0.3) is 0 Å². The van der Waals surface area contributed by atoms with Gasteiger partial charge in [0.1, 0.15) is 6.10 Å². The molecule has 0 bridgehead atoms. The van der Waals surface area contributed by atoms with Crippen molar-refractivity contribution in [2.75, 3.05) is 6.61 Å². The summed E-state index contributed by atoms with van der Waals surface area (Å²) in [7, 11) is 1.46. The highest BCUT2D eigenvalue weighted by molar-refractivity contribution is 5.25. The van der Waals surface area contributed by atoms with Gasteiger partial charge >= 0.3 is 6.18 Å². The zero-order chi connectivity index (χ0) is 9.64. The lowest BCUT2D eigenvalue weighted by molar-refractivity contribution is -0.142. The number of rotatable bonds is 1. The molecule has 72 valence electrons. The number of nitrogens with zero attached hydrogens (tertiary/aromatic N) is 2. The van der Waals surface area contributed by atoms with Crippen molar-refractivity contribution in [3.05, 3.63) is 17.5 Å². The highest BCUT2D eigenvalue weighted by atomic mass is 19.4. The molecule has 1 aromatic rings. The Kier molecular flexibility index (Phi) is 1.63. The van der Waals surface area contributed by atoms with E-state index in [-0.39, 0.29) is 5.56 Å². The van der Waals surface area contributed by atoms with E-state index in [9.17, 15) is 13.2 Å². The first-order valence-electron chi connectivity index (χ1n) is 3.71. The number of hydrogen-bond donors (Lipinski definition) is 0. The fraction of sp³-hybridized carbons (Fsp3) is 0.571. The molecule has 0 saturated carbocycles. The number of hydrogen-bond acceptors (Lipinski definition) is 2. The van der Waals surface area contributed by atoms with Crippen molar-refractivity contribution in [3.8, 4) is 0 Å². The Balaban J connectivity index is 2.42. The maximum absolute atomic E-state index is 12.3. The van der Waals surface area contributed by atoms with Gasteiger partial charge in [0.15, 0.2) is 5.69 Å². The number of aromatic nitrogens is 2. The third kappa shape index (κ3) is 1.53. The fourth-order valence-electron chi connectivity index (χ4n) is 1.19. The van der Waals surface area contributed by atoms with Gasteiger partial charge in [0.2, 0.25) is 0 Å². The Labute approximate surface area is 72.1 Å². The predicted octanol–water partition coefficient (Wildman–Crippen LogP) is 1.51. The average Bonchev–Trinajstić information content (AvgIpc) is 2.73. The smallest absolute Gasteiger partial charge is 0.368 e. The van der Waals surface area contributed by atoms with E-state index in [2.05, 4.69) is 5.10 Å². The van der Waals surface area contributed by atoms with Gasteiger partial charge < -0.3 is 4.74 Å². The summed E-state index contributed by atoms with van der Waals surface area (Å²) in [6, 6.07) is 0. The first kappa shape index (κ1) is 8.55. The van der Waals surface area contributed by atoms with Crippen molar-refractivity contribution in [1.82, 2.24) is 9.78 Å². The van der Waals surface area contributed by atoms with E-state index in [0.29, 0.717) is 6.61 Å². The first-order chi connectivity index (χ1) is 5.98. The van der Waals surface area contributed by atoms with E-state index in [1.165, 1.54) is 13.2 Å². The van der Waals surface area contributed by atoms with Crippen molar-refractivity contribution in [1.29, 1.82) is 0 Å². The molecule has 1 fully saturated rings. The van der Waals surface area contributed by atoms with Crippen LogP contribution in [0.2, 0.25) is 0 Å². The standard InChI is InChI=1S/C7H7F3N2O/c1-12-2-4(5-3-13-5)6(11-12)7(8,9)10/h2,5H,3H2,1H3. The summed E-state index contributed by atoms with van der Waals surface area (Å²) in [5, 5.41) is 3.35. The summed E-state index contributed by atoms with van der Waals surface area (Å²) < 4.78 is 42.9. The minimum absolute atomic E-state index is 0.134. The molecule has 0 radical (unpaired) electrons. The van der Waals surface area contributed by atoms with Crippen LogP contribution in [0.1, 0.15) is 17.4 Å². The molecule has 0 N–H and O–H groups in total. The van der Waals surface area contributed by atoms with Crippen molar-refractivity contribution >= 4 is 0 Å². The Morgan fingerprint density at radius 3 is 2.69 bits per heavy atom. The van der Waals surface area contributed by atoms with Crippen molar-refractivity contribution in [2.24, 2.45) is 7.05 Å². The number of aryl methyl sites for hydroxylation is 1. The molecule has 2 rings (SSSR count). The quantitative estimate of drug-likeness (QED) is 0.631. The van der Waals surface area contributed by atoms with Crippen LogP contribution in [-0.4, -0.2) is 16.4 Å². The lowest BCUT2D eigenvalue weighted by atomic mass is 10.2. The zero-order valence-corrected chi connectivity index (χ0v) is 6.80. The normalized spacial score (nSPS) is 22.0. The third-order valence-corrected chi connectivity index (χ3v) is 1.81. The van der Waals surface area contributed by atoms with Gasteiger partial charge in [0.05, 0.1) is 6.61 Å². The SMILES string of the molecule is Cn1cc(C2CO2)c(C(F)(F)F)n1. The van der Waals surface area contributed by atoms with Crippen molar-refractivity contribution < 1.29 is 17.9 Å². The summed E-state index contributed by atoms with van der Waals surface area (Å²) in [5.74, 6) is 0. The van der Waals surface area contributed by atoms with Gasteiger partial charge in [-0.25, -0.2) is 0 Å². The van der Waals surface area contributed by atoms with Gasteiger partial charge in [-0.1, -0.05) is 0 Å². The first-order valence-corrected chi connectivity index (χ1v) is 3.71. The molecule has 0 amide bonds. The van der Waals surface area contributed by atoms with Crippen LogP contribution < -0.4 is 0 Å². The van der Waals surface area contributed by atoms with Crippen LogP contribution in [0.25, 0.3) is 0 Å². The molecule has 0 aliphatic carbocycles. The monoisotopic (exact) mass is 192 g/mol. The van der Waals surface area contributed by atoms with E-state index in [0.717, 1.165) is 4.68 Å². The van der Waals surface area contributed by atoms with E-state index in [1.54, 1.807) is 0 Å². The summed E-state index contributed by atoms with van der Waals surface area (Å²) >= 11 is 0. The molecule has 3 nitrogen and oxygen atoms in total. The predicted molar refractivity (Wildman–Crippen MR) is 36.9 cm³/mol. The van der Waals surface area contributed by atoms with Crippen LogP contribution in [0.3, 0.4) is 0 Å². The van der Waals surface area contributed by atoms with Crippen LogP contribution in [-0.2, 0) is 18.0 Å². The maximum atomic E-state index is 12.3. The summed E-state index contributed by atoms with van der Waals surface area (Å²) in [6.45, 7) is 0.356. The van der Waals surface area contributed by atoms with E-state index in [4.69, 9.17) is 4.74 Å². The second kappa shape index (κ2) is 2.47. The number of ether oxygens (including phenoxy) is 1. The minimum atomic E-state index is -4.39. The molecule has 6 heteroatoms. The number of halogens is 3. The van der Waals surface area contributed by atoms with Gasteiger partial charge in [-0.2, -0.15) is 18.3 Å². The summed E-state index contributed by atoms with van der Waals surface area (Å²) in [5.41, 5.74) is -0.701. The highest BCUT2D eigenvalue weighted by Crippen LogP contribution is 2.38. The second-order valence-electron chi connectivity index (χ2n) is 2.93. The zero-order valence-electron chi connectivity index (χ0n) is 6.80. The molecular weight excluding hydrogens is 185 g/mol. The molecule has 1 aliphatic rings. The molecule has 13 heavy (non-hydrogen) atoms. The van der Waals surface area contributed by atoms with E-state index in [1.807, 2.05) is 0 Å². The van der Waals surface area contributed by atoms with Gasteiger partial charge in [0, 0.05) is 18.8 Å². The minimum Gasteiger partial charge on any atom is -0.368 e. The Morgan fingerprint density at radius 2 is 2.23 bits per heavy atom. The molecule has 1 unspecified atom stereocenters. The van der Waals surface area contributed by atoms with Crippen LogP contribution in [0, 0.1) is 0 Å². The average molecular weight is 192 g/mol. The molecule has 0 spiro atoms. The summed E-state index contributed by atoms with van der Waals surface area (Å²) in [6.07, 6.45) is -3.45. The van der Waals surface area contributed by atoms with Crippen molar-refractivity contribution in [3.63, 3.8) is 0 Å². The molecule has 1 aliphatic heterocycles. The third-order valence-electron chi connectivity index (χ3n) is 1.81. The topological polar surface area (TPSA) is 30.4 Å². The molecule has 2 heterocycles. The largest absolute Gasteiger partial charge is 0.435 e. The lowest BCUT2D eigenvalue weighted by Crippen LogP contribution is -2.09. The van der Waals surface area contributed by atoms with Crippen LogP contribution >= 0.6 is 0 Å². The Morgan fingerprint density at radius 1 is 1.62 bits per heavy atom. The Bertz CT molecular complexity index is 327. The van der Waals surface area contributed by atoms with Gasteiger partial charge in [-0.15, -0.1) is 0 Å². The second-order valence-corrected chi connectivity index (χ2v) is 2.93.